The van der Waals surface area contributed by atoms with Crippen molar-refractivity contribution >= 4 is 41.6 Å². The zero-order valence-corrected chi connectivity index (χ0v) is 27.8. The lowest BCUT2D eigenvalue weighted by atomic mass is 9.95. The average Bonchev–Trinajstić information content (AvgIpc) is 3.30. The van der Waals surface area contributed by atoms with Gasteiger partial charge in [-0.15, -0.1) is 12.4 Å². The summed E-state index contributed by atoms with van der Waals surface area (Å²) in [5, 5.41) is 11.0. The second-order valence-corrected chi connectivity index (χ2v) is 12.2. The van der Waals surface area contributed by atoms with E-state index in [1.165, 1.54) is 6.33 Å². The van der Waals surface area contributed by atoms with Gasteiger partial charge in [-0.3, -0.25) is 14.5 Å². The van der Waals surface area contributed by atoms with E-state index >= 15 is 0 Å². The molecule has 1 aromatic carbocycles. The van der Waals surface area contributed by atoms with Crippen molar-refractivity contribution in [3.63, 3.8) is 0 Å². The Labute approximate surface area is 272 Å². The number of nitrogens with two attached hydrogens (primary N) is 1. The third kappa shape index (κ3) is 8.80. The normalized spacial score (nSPS) is 18.8. The first-order chi connectivity index (χ1) is 20.6. The van der Waals surface area contributed by atoms with Gasteiger partial charge in [0.15, 0.2) is 0 Å². The van der Waals surface area contributed by atoms with Crippen LogP contribution in [-0.2, 0) is 14.3 Å². The third-order valence-electron chi connectivity index (χ3n) is 8.52. The summed E-state index contributed by atoms with van der Waals surface area (Å²) >= 11 is 6.20. The highest BCUT2D eigenvalue weighted by Crippen LogP contribution is 2.42. The number of amides is 2. The molecule has 1 saturated heterocycles. The SMILES string of the molecule is CC(C)N(CCN(C)C(=O)COCCN)C[C@@H](C(=O)N1CCN(c2ncnc3c2[C@H](C)C[C@H]3O)CC1)c1ccc(Cl)cc1.Cl. The maximum atomic E-state index is 14.2. The second kappa shape index (κ2) is 16.7. The van der Waals surface area contributed by atoms with Gasteiger partial charge in [-0.05, 0) is 43.9 Å². The number of nitrogens with zero attached hydrogens (tertiary/aromatic N) is 6. The van der Waals surface area contributed by atoms with Crippen LogP contribution in [0, 0.1) is 0 Å². The van der Waals surface area contributed by atoms with Gasteiger partial charge in [-0.1, -0.05) is 30.7 Å². The number of piperazine rings is 1. The van der Waals surface area contributed by atoms with E-state index in [9.17, 15) is 14.7 Å². The molecule has 2 heterocycles. The Balaban J connectivity index is 0.00000529. The number of aromatic nitrogens is 2. The quantitative estimate of drug-likeness (QED) is 0.314. The van der Waals surface area contributed by atoms with E-state index in [1.54, 1.807) is 11.9 Å². The summed E-state index contributed by atoms with van der Waals surface area (Å²) in [5.41, 5.74) is 8.12. The molecule has 3 N–H and O–H groups in total. The molecule has 0 bridgehead atoms. The van der Waals surface area contributed by atoms with Crippen molar-refractivity contribution in [1.29, 1.82) is 0 Å². The van der Waals surface area contributed by atoms with Crippen molar-refractivity contribution < 1.29 is 19.4 Å². The maximum Gasteiger partial charge on any atom is 0.248 e. The first kappa shape index (κ1) is 35.9. The van der Waals surface area contributed by atoms with Crippen LogP contribution in [0.4, 0.5) is 5.82 Å². The van der Waals surface area contributed by atoms with Crippen molar-refractivity contribution in [2.75, 3.05) is 77.5 Å². The Kier molecular flexibility index (Phi) is 13.6. The van der Waals surface area contributed by atoms with Gasteiger partial charge in [0.05, 0.1) is 24.3 Å². The number of carbonyl (C=O) groups is 2. The summed E-state index contributed by atoms with van der Waals surface area (Å²) in [7, 11) is 1.77. The first-order valence-electron chi connectivity index (χ1n) is 15.2. The van der Waals surface area contributed by atoms with Gasteiger partial charge >= 0.3 is 0 Å². The van der Waals surface area contributed by atoms with Crippen LogP contribution in [0.3, 0.4) is 0 Å². The fourth-order valence-electron chi connectivity index (χ4n) is 5.89. The molecule has 4 rings (SSSR count). The van der Waals surface area contributed by atoms with Gasteiger partial charge < -0.3 is 30.3 Å². The fourth-order valence-corrected chi connectivity index (χ4v) is 6.01. The molecular formula is C31H47Cl2N7O4. The smallest absolute Gasteiger partial charge is 0.248 e. The molecule has 2 aromatic rings. The predicted molar refractivity (Wildman–Crippen MR) is 174 cm³/mol. The molecule has 1 aliphatic heterocycles. The molecule has 0 spiro atoms. The molecule has 1 aliphatic carbocycles. The molecular weight excluding hydrogens is 605 g/mol. The van der Waals surface area contributed by atoms with Crippen LogP contribution in [0.15, 0.2) is 30.6 Å². The molecule has 11 nitrogen and oxygen atoms in total. The monoisotopic (exact) mass is 651 g/mol. The Morgan fingerprint density at radius 2 is 1.82 bits per heavy atom. The van der Waals surface area contributed by atoms with Gasteiger partial charge in [-0.25, -0.2) is 9.97 Å². The Hall–Kier alpha value is -2.54. The molecule has 0 saturated carbocycles. The molecule has 3 atom stereocenters. The minimum atomic E-state index is -0.555. The molecule has 0 radical (unpaired) electrons. The summed E-state index contributed by atoms with van der Waals surface area (Å²) in [6.45, 7) is 11.1. The van der Waals surface area contributed by atoms with Crippen molar-refractivity contribution in [2.24, 2.45) is 5.73 Å². The van der Waals surface area contributed by atoms with E-state index in [0.29, 0.717) is 70.4 Å². The van der Waals surface area contributed by atoms with Crippen LogP contribution >= 0.6 is 24.0 Å². The summed E-state index contributed by atoms with van der Waals surface area (Å²) in [5.74, 6) is 0.638. The standard InChI is InChI=1S/C31H46ClN7O4.ClH/c1-21(2)39(11-10-36(4)27(41)19-43-16-9-33)18-25(23-5-7-24(32)8-6-23)31(42)38-14-12-37(13-15-38)30-28-22(3)17-26(40)29(28)34-20-35-30;/h5-8,20-22,25-26,40H,9-19,33H2,1-4H3;1H/t22-,25-,26-;/m1./s1. The molecule has 44 heavy (non-hydrogen) atoms. The summed E-state index contributed by atoms with van der Waals surface area (Å²) in [6.07, 6.45) is 1.63. The highest BCUT2D eigenvalue weighted by atomic mass is 35.5. The number of carbonyl (C=O) groups excluding carboxylic acids is 2. The lowest BCUT2D eigenvalue weighted by Crippen LogP contribution is -2.52. The van der Waals surface area contributed by atoms with Gasteiger partial charge in [0.25, 0.3) is 0 Å². The second-order valence-electron chi connectivity index (χ2n) is 11.8. The molecule has 1 aromatic heterocycles. The summed E-state index contributed by atoms with van der Waals surface area (Å²) in [6, 6.07) is 7.68. The van der Waals surface area contributed by atoms with Crippen LogP contribution in [0.2, 0.25) is 5.02 Å². The third-order valence-corrected chi connectivity index (χ3v) is 8.78. The largest absolute Gasteiger partial charge is 0.387 e. The molecule has 13 heteroatoms. The number of hydrogen-bond acceptors (Lipinski definition) is 9. The molecule has 2 amide bonds. The lowest BCUT2D eigenvalue weighted by Gasteiger charge is -2.39. The van der Waals surface area contributed by atoms with Crippen molar-refractivity contribution in [1.82, 2.24) is 24.7 Å². The number of hydrogen-bond donors (Lipinski definition) is 2. The number of aliphatic hydroxyl groups excluding tert-OH is 1. The van der Waals surface area contributed by atoms with Crippen molar-refractivity contribution in [3.05, 3.63) is 52.4 Å². The minimum Gasteiger partial charge on any atom is -0.387 e. The van der Waals surface area contributed by atoms with E-state index in [2.05, 4.69) is 40.5 Å². The number of ether oxygens (including phenoxy) is 1. The molecule has 2 aliphatic rings. The van der Waals surface area contributed by atoms with Crippen LogP contribution in [0.5, 0.6) is 0 Å². The topological polar surface area (TPSA) is 128 Å². The van der Waals surface area contributed by atoms with Gasteiger partial charge in [0, 0.05) is 76.0 Å². The van der Waals surface area contributed by atoms with Crippen molar-refractivity contribution in [3.8, 4) is 0 Å². The molecule has 0 unspecified atom stereocenters. The van der Waals surface area contributed by atoms with Crippen molar-refractivity contribution in [2.45, 2.75) is 51.2 Å². The van der Waals surface area contributed by atoms with E-state index in [0.717, 1.165) is 22.6 Å². The van der Waals surface area contributed by atoms with Crippen LogP contribution in [0.25, 0.3) is 0 Å². The first-order valence-corrected chi connectivity index (χ1v) is 15.6. The zero-order chi connectivity index (χ0) is 31.1. The maximum absolute atomic E-state index is 14.2. The van der Waals surface area contributed by atoms with E-state index in [1.807, 2.05) is 29.2 Å². The summed E-state index contributed by atoms with van der Waals surface area (Å²) in [4.78, 5) is 43.6. The predicted octanol–water partition coefficient (Wildman–Crippen LogP) is 2.67. The number of benzene rings is 1. The van der Waals surface area contributed by atoms with Gasteiger partial charge in [-0.2, -0.15) is 0 Å². The number of rotatable bonds is 13. The number of aliphatic hydroxyl groups is 1. The number of halogens is 2. The minimum absolute atomic E-state index is 0. The van der Waals surface area contributed by atoms with Gasteiger partial charge in [0.2, 0.25) is 11.8 Å². The number of anilines is 1. The Morgan fingerprint density at radius 1 is 1.14 bits per heavy atom. The lowest BCUT2D eigenvalue weighted by molar-refractivity contribution is -0.136. The Bertz CT molecular complexity index is 1230. The van der Waals surface area contributed by atoms with Crippen LogP contribution < -0.4 is 10.6 Å². The number of fused-ring (bicyclic) bond motifs is 1. The highest BCUT2D eigenvalue weighted by Gasteiger charge is 2.35. The highest BCUT2D eigenvalue weighted by molar-refractivity contribution is 6.30. The fraction of sp³-hybridized carbons (Fsp3) is 0.613. The zero-order valence-electron chi connectivity index (χ0n) is 26.2. The Morgan fingerprint density at radius 3 is 2.45 bits per heavy atom. The van der Waals surface area contributed by atoms with E-state index < -0.39 is 12.0 Å². The van der Waals surface area contributed by atoms with E-state index in [4.69, 9.17) is 22.1 Å². The number of likely N-dealkylation sites (N-methyl/N-ethyl adjacent to an activating group) is 1. The summed E-state index contributed by atoms with van der Waals surface area (Å²) < 4.78 is 5.31. The van der Waals surface area contributed by atoms with E-state index in [-0.39, 0.29) is 42.8 Å². The molecule has 1 fully saturated rings. The van der Waals surface area contributed by atoms with Gasteiger partial charge in [0.1, 0.15) is 18.8 Å². The van der Waals surface area contributed by atoms with Crippen LogP contribution in [0.1, 0.15) is 62.0 Å². The average molecular weight is 653 g/mol. The van der Waals surface area contributed by atoms with Crippen LogP contribution in [-0.4, -0.2) is 120 Å². The molecule has 244 valence electrons.